The van der Waals surface area contributed by atoms with E-state index in [1.165, 1.54) is 11.6 Å². The van der Waals surface area contributed by atoms with Crippen LogP contribution < -0.4 is 16.0 Å². The minimum absolute atomic E-state index is 0.0220. The van der Waals surface area contributed by atoms with Crippen LogP contribution in [0.4, 0.5) is 21.9 Å². The molecular weight excluding hydrogens is 352 g/mol. The molecule has 144 valence electrons. The van der Waals surface area contributed by atoms with Gasteiger partial charge in [0.2, 0.25) is 5.91 Å². The fourth-order valence-electron chi connectivity index (χ4n) is 2.51. The molecule has 0 aliphatic carbocycles. The lowest BCUT2D eigenvalue weighted by atomic mass is 10.2. The second kappa shape index (κ2) is 8.30. The molecule has 0 radical (unpaired) electrons. The van der Waals surface area contributed by atoms with Gasteiger partial charge < -0.3 is 16.0 Å². The predicted molar refractivity (Wildman–Crippen MR) is 101 cm³/mol. The molecule has 0 fully saturated rings. The van der Waals surface area contributed by atoms with E-state index in [4.69, 9.17) is 0 Å². The topological polar surface area (TPSA) is 131 Å². The van der Waals surface area contributed by atoms with Gasteiger partial charge in [-0.1, -0.05) is 0 Å². The molecule has 10 heteroatoms. The Morgan fingerprint density at radius 2 is 1.70 bits per heavy atom. The van der Waals surface area contributed by atoms with E-state index in [0.29, 0.717) is 17.1 Å². The molecule has 2 aromatic rings. The Labute approximate surface area is 156 Å². The van der Waals surface area contributed by atoms with Gasteiger partial charge in [-0.2, -0.15) is 5.10 Å². The van der Waals surface area contributed by atoms with Crippen LogP contribution in [-0.4, -0.2) is 32.7 Å². The Kier molecular flexibility index (Phi) is 6.11. The highest BCUT2D eigenvalue weighted by atomic mass is 16.6. The minimum Gasteiger partial charge on any atom is -0.336 e. The number of benzene rings is 1. The number of amides is 3. The molecule has 3 amide bonds. The SMILES string of the molecule is Cc1nn(CC(=O)Nc2ccc(NC(=O)NC(C)C)cc2)c(C)c1[N+](=O)[O-]. The second-order valence-corrected chi connectivity index (χ2v) is 6.31. The molecule has 0 aliphatic heterocycles. The van der Waals surface area contributed by atoms with Crippen LogP contribution in [0.2, 0.25) is 0 Å². The molecule has 1 heterocycles. The lowest BCUT2D eigenvalue weighted by Gasteiger charge is -2.11. The molecule has 2 rings (SSSR count). The van der Waals surface area contributed by atoms with Gasteiger partial charge in [-0.25, -0.2) is 4.79 Å². The summed E-state index contributed by atoms with van der Waals surface area (Å²) in [6, 6.07) is 6.31. The average molecular weight is 374 g/mol. The Bertz CT molecular complexity index is 857. The molecule has 0 saturated carbocycles. The van der Waals surface area contributed by atoms with Crippen LogP contribution in [0.3, 0.4) is 0 Å². The molecule has 1 aromatic heterocycles. The summed E-state index contributed by atoms with van der Waals surface area (Å²) in [7, 11) is 0. The van der Waals surface area contributed by atoms with Crippen molar-refractivity contribution in [2.24, 2.45) is 0 Å². The number of nitro groups is 1. The number of aromatic nitrogens is 2. The van der Waals surface area contributed by atoms with Gasteiger partial charge >= 0.3 is 11.7 Å². The fourth-order valence-corrected chi connectivity index (χ4v) is 2.51. The van der Waals surface area contributed by atoms with E-state index in [9.17, 15) is 19.7 Å². The van der Waals surface area contributed by atoms with Gasteiger partial charge in [0.1, 0.15) is 17.9 Å². The number of carbonyl (C=O) groups is 2. The van der Waals surface area contributed by atoms with E-state index in [2.05, 4.69) is 21.0 Å². The van der Waals surface area contributed by atoms with Crippen molar-refractivity contribution in [1.29, 1.82) is 0 Å². The van der Waals surface area contributed by atoms with Crippen molar-refractivity contribution < 1.29 is 14.5 Å². The van der Waals surface area contributed by atoms with Crippen molar-refractivity contribution in [3.8, 4) is 0 Å². The highest BCUT2D eigenvalue weighted by molar-refractivity contribution is 5.92. The van der Waals surface area contributed by atoms with Crippen molar-refractivity contribution in [1.82, 2.24) is 15.1 Å². The van der Waals surface area contributed by atoms with Gasteiger partial charge in [0, 0.05) is 17.4 Å². The van der Waals surface area contributed by atoms with Crippen LogP contribution in [-0.2, 0) is 11.3 Å². The van der Waals surface area contributed by atoms with Gasteiger partial charge in [0.05, 0.1) is 4.92 Å². The van der Waals surface area contributed by atoms with Crippen LogP contribution in [0.15, 0.2) is 24.3 Å². The first-order chi connectivity index (χ1) is 12.7. The first kappa shape index (κ1) is 19.9. The third-order valence-electron chi connectivity index (χ3n) is 3.67. The zero-order valence-electron chi connectivity index (χ0n) is 15.6. The molecule has 0 bridgehead atoms. The first-order valence-corrected chi connectivity index (χ1v) is 8.33. The van der Waals surface area contributed by atoms with E-state index in [0.717, 1.165) is 0 Å². The van der Waals surface area contributed by atoms with Crippen LogP contribution in [0, 0.1) is 24.0 Å². The Morgan fingerprint density at radius 3 is 2.19 bits per heavy atom. The lowest BCUT2D eigenvalue weighted by molar-refractivity contribution is -0.386. The highest BCUT2D eigenvalue weighted by Crippen LogP contribution is 2.21. The molecule has 1 aromatic carbocycles. The minimum atomic E-state index is -0.507. The summed E-state index contributed by atoms with van der Waals surface area (Å²) in [4.78, 5) is 34.3. The normalized spacial score (nSPS) is 10.6. The standard InChI is InChI=1S/C17H22N6O4/c1-10(2)18-17(25)20-14-7-5-13(6-8-14)19-15(24)9-22-12(4)16(23(26)27)11(3)21-22/h5-8,10H,9H2,1-4H3,(H,19,24)(H2,18,20,25). The van der Waals surface area contributed by atoms with Crippen LogP contribution in [0.25, 0.3) is 0 Å². The van der Waals surface area contributed by atoms with Gasteiger partial charge in [-0.3, -0.25) is 19.6 Å². The quantitative estimate of drug-likeness (QED) is 0.528. The zero-order valence-corrected chi connectivity index (χ0v) is 15.6. The Balaban J connectivity index is 1.97. The smallest absolute Gasteiger partial charge is 0.319 e. The summed E-state index contributed by atoms with van der Waals surface area (Å²) < 4.78 is 1.30. The number of rotatable bonds is 6. The lowest BCUT2D eigenvalue weighted by Crippen LogP contribution is -2.34. The maximum absolute atomic E-state index is 12.2. The van der Waals surface area contributed by atoms with Crippen LogP contribution >= 0.6 is 0 Å². The molecule has 0 unspecified atom stereocenters. The van der Waals surface area contributed by atoms with E-state index >= 15 is 0 Å². The number of nitrogens with one attached hydrogen (secondary N) is 3. The third-order valence-corrected chi connectivity index (χ3v) is 3.67. The molecule has 0 atom stereocenters. The highest BCUT2D eigenvalue weighted by Gasteiger charge is 2.22. The van der Waals surface area contributed by atoms with Gasteiger partial charge in [-0.05, 0) is 52.0 Å². The first-order valence-electron chi connectivity index (χ1n) is 8.33. The molecule has 27 heavy (non-hydrogen) atoms. The number of hydrogen-bond donors (Lipinski definition) is 3. The number of carbonyl (C=O) groups excluding carboxylic acids is 2. The van der Waals surface area contributed by atoms with E-state index < -0.39 is 4.92 Å². The summed E-state index contributed by atoms with van der Waals surface area (Å²) in [6.07, 6.45) is 0. The van der Waals surface area contributed by atoms with Crippen LogP contribution in [0.1, 0.15) is 25.2 Å². The summed E-state index contributed by atoms with van der Waals surface area (Å²) >= 11 is 0. The Morgan fingerprint density at radius 1 is 1.15 bits per heavy atom. The molecule has 0 saturated heterocycles. The van der Waals surface area contributed by atoms with Crippen molar-refractivity contribution in [3.05, 3.63) is 45.8 Å². The third kappa shape index (κ3) is 5.27. The molecule has 10 nitrogen and oxygen atoms in total. The van der Waals surface area contributed by atoms with Gasteiger partial charge in [-0.15, -0.1) is 0 Å². The number of aryl methyl sites for hydroxylation is 1. The van der Waals surface area contributed by atoms with E-state index in [1.807, 2.05) is 13.8 Å². The van der Waals surface area contributed by atoms with Crippen molar-refractivity contribution >= 4 is 29.0 Å². The monoisotopic (exact) mass is 374 g/mol. The predicted octanol–water partition coefficient (Wildman–Crippen LogP) is 2.58. The second-order valence-electron chi connectivity index (χ2n) is 6.31. The maximum Gasteiger partial charge on any atom is 0.319 e. The number of hydrogen-bond acceptors (Lipinski definition) is 5. The summed E-state index contributed by atoms with van der Waals surface area (Å²) in [6.45, 7) is 6.65. The average Bonchev–Trinajstić information content (AvgIpc) is 2.82. The summed E-state index contributed by atoms with van der Waals surface area (Å²) in [5, 5.41) is 23.1. The van der Waals surface area contributed by atoms with E-state index in [1.54, 1.807) is 31.2 Å². The maximum atomic E-state index is 12.2. The fraction of sp³-hybridized carbons (Fsp3) is 0.353. The number of nitrogens with zero attached hydrogens (tertiary/aromatic N) is 3. The molecule has 3 N–H and O–H groups in total. The molecular formula is C17H22N6O4. The Hall–Kier alpha value is -3.43. The zero-order chi connectivity index (χ0) is 20.1. The van der Waals surface area contributed by atoms with Gasteiger partial charge in [0.15, 0.2) is 0 Å². The molecule has 0 spiro atoms. The van der Waals surface area contributed by atoms with Crippen molar-refractivity contribution in [2.75, 3.05) is 10.6 Å². The largest absolute Gasteiger partial charge is 0.336 e. The molecule has 0 aliphatic rings. The van der Waals surface area contributed by atoms with Gasteiger partial charge in [0.25, 0.3) is 0 Å². The summed E-state index contributed by atoms with van der Waals surface area (Å²) in [5.41, 5.74) is 1.62. The van der Waals surface area contributed by atoms with Crippen molar-refractivity contribution in [3.63, 3.8) is 0 Å². The summed E-state index contributed by atoms with van der Waals surface area (Å²) in [5.74, 6) is -0.367. The number of anilines is 2. The van der Waals surface area contributed by atoms with Crippen LogP contribution in [0.5, 0.6) is 0 Å². The van der Waals surface area contributed by atoms with E-state index in [-0.39, 0.29) is 35.9 Å². The number of urea groups is 1. The van der Waals surface area contributed by atoms with Crippen molar-refractivity contribution in [2.45, 2.75) is 40.3 Å².